The molecule has 1 N–H and O–H groups in total. The molecule has 0 saturated heterocycles. The molecule has 0 atom stereocenters. The van der Waals surface area contributed by atoms with Gasteiger partial charge in [-0.1, -0.05) is 19.3 Å². The van der Waals surface area contributed by atoms with Crippen LogP contribution in [-0.2, 0) is 5.54 Å². The first-order valence-corrected chi connectivity index (χ1v) is 7.33. The summed E-state index contributed by atoms with van der Waals surface area (Å²) in [5.41, 5.74) is 0.137. The molecule has 0 bridgehead atoms. The van der Waals surface area contributed by atoms with Crippen molar-refractivity contribution >= 4 is 28.4 Å². The van der Waals surface area contributed by atoms with Crippen molar-refractivity contribution in [3.8, 4) is 0 Å². The van der Waals surface area contributed by atoms with Crippen LogP contribution in [-0.4, -0.2) is 19.6 Å². The zero-order valence-corrected chi connectivity index (χ0v) is 11.7. The van der Waals surface area contributed by atoms with E-state index < -0.39 is 0 Å². The zero-order valence-electron chi connectivity index (χ0n) is 10.9. The molecular weight excluding hydrogens is 272 g/mol. The number of rotatable bonds is 0. The summed E-state index contributed by atoms with van der Waals surface area (Å²) in [7, 11) is 0. The first-order chi connectivity index (χ1) is 9.71. The summed E-state index contributed by atoms with van der Waals surface area (Å²) < 4.78 is 1.56. The van der Waals surface area contributed by atoms with Crippen LogP contribution in [0.15, 0.2) is 23.1 Å². The topological polar surface area (TPSA) is 59.8 Å². The van der Waals surface area contributed by atoms with Gasteiger partial charge in [0.15, 0.2) is 10.8 Å². The molecule has 4 rings (SSSR count). The molecule has 3 heterocycles. The number of hydrogen-bond acceptors (Lipinski definition) is 4. The standard InChI is InChI=1S/C14H14N4OS/c19-11-9-5-4-8-15-10(9)16-12-14(6-2-1-3-7-14)17-13(20)18(11)12/h4-5,8H,1-3,6-7H2,(H,17,20). The molecule has 1 spiro atoms. The van der Waals surface area contributed by atoms with E-state index in [1.54, 1.807) is 22.9 Å². The quantitative estimate of drug-likeness (QED) is 0.747. The molecule has 0 unspecified atom stereocenters. The molecule has 0 radical (unpaired) electrons. The van der Waals surface area contributed by atoms with Gasteiger partial charge in [0.05, 0.1) is 10.9 Å². The maximum absolute atomic E-state index is 12.6. The first kappa shape index (κ1) is 12.0. The summed E-state index contributed by atoms with van der Waals surface area (Å²) in [4.78, 5) is 21.5. The highest BCUT2D eigenvalue weighted by molar-refractivity contribution is 7.80. The van der Waals surface area contributed by atoms with Gasteiger partial charge in [0.25, 0.3) is 5.56 Å². The van der Waals surface area contributed by atoms with E-state index in [-0.39, 0.29) is 11.1 Å². The number of fused-ring (bicyclic) bond motifs is 3. The molecule has 1 fully saturated rings. The van der Waals surface area contributed by atoms with Gasteiger partial charge in [-0.3, -0.25) is 4.79 Å². The summed E-state index contributed by atoms with van der Waals surface area (Å²) in [6.07, 6.45) is 7.10. The number of nitrogens with zero attached hydrogens (tertiary/aromatic N) is 3. The number of thiocarbonyl (C=S) groups is 1. The molecule has 2 aromatic heterocycles. The lowest BCUT2D eigenvalue weighted by Gasteiger charge is -2.32. The fourth-order valence-electron chi connectivity index (χ4n) is 3.35. The largest absolute Gasteiger partial charge is 0.349 e. The van der Waals surface area contributed by atoms with Crippen LogP contribution in [0.2, 0.25) is 0 Å². The summed E-state index contributed by atoms with van der Waals surface area (Å²) in [5.74, 6) is 0.749. The van der Waals surface area contributed by atoms with Gasteiger partial charge in [-0.15, -0.1) is 0 Å². The van der Waals surface area contributed by atoms with Gasteiger partial charge in [0, 0.05) is 6.20 Å². The third kappa shape index (κ3) is 1.48. The number of hydrogen-bond donors (Lipinski definition) is 1. The van der Waals surface area contributed by atoms with Crippen LogP contribution in [0.3, 0.4) is 0 Å². The van der Waals surface area contributed by atoms with E-state index in [9.17, 15) is 4.79 Å². The minimum atomic E-state index is -0.264. The monoisotopic (exact) mass is 286 g/mol. The fraction of sp³-hybridized carbons (Fsp3) is 0.429. The van der Waals surface area contributed by atoms with Gasteiger partial charge in [-0.25, -0.2) is 14.5 Å². The van der Waals surface area contributed by atoms with E-state index >= 15 is 0 Å². The van der Waals surface area contributed by atoms with Crippen LogP contribution in [0.4, 0.5) is 0 Å². The Labute approximate surface area is 121 Å². The van der Waals surface area contributed by atoms with E-state index in [2.05, 4.69) is 15.3 Å². The number of aromatic nitrogens is 3. The maximum atomic E-state index is 12.6. The van der Waals surface area contributed by atoms with Gasteiger partial charge in [0.1, 0.15) is 5.82 Å². The second-order valence-electron chi connectivity index (χ2n) is 5.52. The minimum absolute atomic E-state index is 0.113. The normalized spacial score (nSPS) is 20.1. The summed E-state index contributed by atoms with van der Waals surface area (Å²) >= 11 is 5.37. The Hall–Kier alpha value is -1.82. The van der Waals surface area contributed by atoms with E-state index in [1.807, 2.05) is 0 Å². The third-order valence-corrected chi connectivity index (χ3v) is 4.61. The first-order valence-electron chi connectivity index (χ1n) is 6.92. The van der Waals surface area contributed by atoms with Crippen molar-refractivity contribution in [2.45, 2.75) is 37.6 Å². The highest BCUT2D eigenvalue weighted by Gasteiger charge is 2.44. The Morgan fingerprint density at radius 2 is 2.10 bits per heavy atom. The fourth-order valence-corrected chi connectivity index (χ4v) is 3.71. The second kappa shape index (κ2) is 4.09. The highest BCUT2D eigenvalue weighted by Crippen LogP contribution is 2.38. The predicted octanol–water partition coefficient (Wildman–Crippen LogP) is 1.69. The maximum Gasteiger partial charge on any atom is 0.269 e. The van der Waals surface area contributed by atoms with Gasteiger partial charge in [0.2, 0.25) is 0 Å². The van der Waals surface area contributed by atoms with Crippen molar-refractivity contribution < 1.29 is 0 Å². The SMILES string of the molecule is O=c1c2cccnc2nc2n1C(=S)NC21CCCCC1. The van der Waals surface area contributed by atoms with Crippen LogP contribution in [0.5, 0.6) is 0 Å². The molecule has 20 heavy (non-hydrogen) atoms. The lowest BCUT2D eigenvalue weighted by molar-refractivity contribution is 0.270. The Bertz CT molecular complexity index is 776. The van der Waals surface area contributed by atoms with Crippen molar-refractivity contribution in [1.82, 2.24) is 19.9 Å². The Morgan fingerprint density at radius 1 is 1.30 bits per heavy atom. The molecule has 1 aliphatic heterocycles. The summed E-state index contributed by atoms with van der Waals surface area (Å²) in [6.45, 7) is 0. The molecule has 2 aliphatic rings. The van der Waals surface area contributed by atoms with Crippen molar-refractivity contribution in [2.24, 2.45) is 0 Å². The van der Waals surface area contributed by atoms with Crippen molar-refractivity contribution in [3.05, 3.63) is 34.5 Å². The average molecular weight is 286 g/mol. The molecule has 5 nitrogen and oxygen atoms in total. The molecule has 0 amide bonds. The van der Waals surface area contributed by atoms with E-state index in [1.165, 1.54) is 6.42 Å². The number of nitrogens with one attached hydrogen (secondary N) is 1. The molecular formula is C14H14N4OS. The van der Waals surface area contributed by atoms with Crippen LogP contribution >= 0.6 is 12.2 Å². The van der Waals surface area contributed by atoms with Gasteiger partial charge < -0.3 is 5.32 Å². The van der Waals surface area contributed by atoms with Crippen LogP contribution < -0.4 is 10.9 Å². The highest BCUT2D eigenvalue weighted by atomic mass is 32.1. The second-order valence-corrected chi connectivity index (χ2v) is 5.91. The summed E-state index contributed by atoms with van der Waals surface area (Å²) in [6, 6.07) is 3.50. The van der Waals surface area contributed by atoms with Crippen LogP contribution in [0.1, 0.15) is 37.9 Å². The van der Waals surface area contributed by atoms with E-state index in [4.69, 9.17) is 12.2 Å². The molecule has 1 aliphatic carbocycles. The Kier molecular flexibility index (Phi) is 2.44. The van der Waals surface area contributed by atoms with Crippen molar-refractivity contribution in [2.75, 3.05) is 0 Å². The minimum Gasteiger partial charge on any atom is -0.349 e. The van der Waals surface area contributed by atoms with E-state index in [0.717, 1.165) is 31.5 Å². The van der Waals surface area contributed by atoms with Gasteiger partial charge in [-0.05, 0) is 37.2 Å². The van der Waals surface area contributed by atoms with Crippen LogP contribution in [0, 0.1) is 0 Å². The molecule has 102 valence electrons. The Morgan fingerprint density at radius 3 is 2.90 bits per heavy atom. The van der Waals surface area contributed by atoms with E-state index in [0.29, 0.717) is 16.1 Å². The molecule has 0 aromatic carbocycles. The van der Waals surface area contributed by atoms with Crippen molar-refractivity contribution in [1.29, 1.82) is 0 Å². The predicted molar refractivity (Wildman–Crippen MR) is 79.7 cm³/mol. The smallest absolute Gasteiger partial charge is 0.269 e. The van der Waals surface area contributed by atoms with Gasteiger partial charge in [-0.2, -0.15) is 0 Å². The molecule has 6 heteroatoms. The van der Waals surface area contributed by atoms with Crippen molar-refractivity contribution in [3.63, 3.8) is 0 Å². The lowest BCUT2D eigenvalue weighted by Crippen LogP contribution is -2.41. The lowest BCUT2D eigenvalue weighted by atomic mass is 9.81. The summed E-state index contributed by atoms with van der Waals surface area (Å²) in [5, 5.41) is 4.35. The Balaban J connectivity index is 2.05. The average Bonchev–Trinajstić information content (AvgIpc) is 2.73. The third-order valence-electron chi connectivity index (χ3n) is 4.33. The molecule has 1 saturated carbocycles. The number of pyridine rings is 1. The molecule has 2 aromatic rings. The van der Waals surface area contributed by atoms with Gasteiger partial charge >= 0.3 is 0 Å². The van der Waals surface area contributed by atoms with Crippen LogP contribution in [0.25, 0.3) is 11.0 Å². The zero-order chi connectivity index (χ0) is 13.7.